The summed E-state index contributed by atoms with van der Waals surface area (Å²) in [6.07, 6.45) is 1.20. The number of aryl methyl sites for hydroxylation is 1. The minimum Gasteiger partial charge on any atom is -0.465 e. The molecule has 6 nitrogen and oxygen atoms in total. The van der Waals surface area contributed by atoms with Crippen LogP contribution in [-0.2, 0) is 14.3 Å². The van der Waals surface area contributed by atoms with Crippen LogP contribution in [0, 0.1) is 18.3 Å². The maximum absolute atomic E-state index is 11.3. The number of ether oxygens (including phenoxy) is 2. The Morgan fingerprint density at radius 2 is 2.06 bits per heavy atom. The van der Waals surface area contributed by atoms with Gasteiger partial charge in [-0.25, -0.2) is 9.59 Å². The first-order valence-corrected chi connectivity index (χ1v) is 4.92. The highest BCUT2D eigenvalue weighted by Crippen LogP contribution is 2.18. The largest absolute Gasteiger partial charge is 0.465 e. The fourth-order valence-electron chi connectivity index (χ4n) is 1.28. The topological polar surface area (TPSA) is 89.5 Å². The standard InChI is InChI=1S/C12H11NO5/c1-7-10(12(15)17-3)5-9(18-7)4-8(6-13)11(14)16-2/h4-5H,1-3H3/b8-4-. The SMILES string of the molecule is COC(=O)/C(C#N)=C\c1cc(C(=O)OC)c(C)o1. The van der Waals surface area contributed by atoms with E-state index in [-0.39, 0.29) is 16.9 Å². The van der Waals surface area contributed by atoms with Gasteiger partial charge < -0.3 is 13.9 Å². The van der Waals surface area contributed by atoms with Crippen molar-refractivity contribution in [1.29, 1.82) is 5.26 Å². The molecule has 1 heterocycles. The molecule has 0 spiro atoms. The van der Waals surface area contributed by atoms with Crippen molar-refractivity contribution < 1.29 is 23.5 Å². The van der Waals surface area contributed by atoms with E-state index in [1.807, 2.05) is 0 Å². The van der Waals surface area contributed by atoms with Crippen molar-refractivity contribution >= 4 is 18.0 Å². The van der Waals surface area contributed by atoms with Crippen LogP contribution >= 0.6 is 0 Å². The Kier molecular flexibility index (Phi) is 4.27. The number of furan rings is 1. The first kappa shape index (κ1) is 13.5. The molecule has 94 valence electrons. The van der Waals surface area contributed by atoms with E-state index in [0.717, 1.165) is 0 Å². The predicted octanol–water partition coefficient (Wildman–Crippen LogP) is 1.45. The molecular formula is C12H11NO5. The van der Waals surface area contributed by atoms with Gasteiger partial charge in [-0.1, -0.05) is 0 Å². The molecule has 0 radical (unpaired) electrons. The molecule has 0 N–H and O–H groups in total. The molecule has 0 fully saturated rings. The zero-order chi connectivity index (χ0) is 13.7. The number of hydrogen-bond acceptors (Lipinski definition) is 6. The van der Waals surface area contributed by atoms with Gasteiger partial charge in [0.05, 0.1) is 14.2 Å². The quantitative estimate of drug-likeness (QED) is 0.457. The molecule has 0 aliphatic heterocycles. The van der Waals surface area contributed by atoms with Gasteiger partial charge in [-0.3, -0.25) is 0 Å². The van der Waals surface area contributed by atoms with Gasteiger partial charge in [0, 0.05) is 6.08 Å². The summed E-state index contributed by atoms with van der Waals surface area (Å²) in [7, 11) is 2.42. The van der Waals surface area contributed by atoms with E-state index in [1.165, 1.54) is 26.4 Å². The lowest BCUT2D eigenvalue weighted by atomic mass is 10.2. The molecule has 1 aromatic heterocycles. The summed E-state index contributed by atoms with van der Waals surface area (Å²) in [6.45, 7) is 1.58. The van der Waals surface area contributed by atoms with Crippen molar-refractivity contribution in [3.8, 4) is 6.07 Å². The first-order valence-electron chi connectivity index (χ1n) is 4.92. The second-order valence-electron chi connectivity index (χ2n) is 3.27. The van der Waals surface area contributed by atoms with Crippen molar-refractivity contribution in [1.82, 2.24) is 0 Å². The fraction of sp³-hybridized carbons (Fsp3) is 0.250. The van der Waals surface area contributed by atoms with E-state index >= 15 is 0 Å². The number of esters is 2. The third-order valence-electron chi connectivity index (χ3n) is 2.15. The second kappa shape index (κ2) is 5.68. The Bertz CT molecular complexity index is 547. The van der Waals surface area contributed by atoms with E-state index in [4.69, 9.17) is 9.68 Å². The molecule has 1 aromatic rings. The highest BCUT2D eigenvalue weighted by Gasteiger charge is 2.16. The Balaban J connectivity index is 3.13. The lowest BCUT2D eigenvalue weighted by Crippen LogP contribution is -2.02. The number of carbonyl (C=O) groups is 2. The van der Waals surface area contributed by atoms with Crippen LogP contribution in [0.3, 0.4) is 0 Å². The van der Waals surface area contributed by atoms with Crippen molar-refractivity contribution in [2.45, 2.75) is 6.92 Å². The fourth-order valence-corrected chi connectivity index (χ4v) is 1.28. The molecule has 0 aromatic carbocycles. The van der Waals surface area contributed by atoms with Gasteiger partial charge in [0.15, 0.2) is 0 Å². The van der Waals surface area contributed by atoms with E-state index in [9.17, 15) is 9.59 Å². The zero-order valence-electron chi connectivity index (χ0n) is 10.1. The minimum absolute atomic E-state index is 0.204. The van der Waals surface area contributed by atoms with E-state index in [1.54, 1.807) is 13.0 Å². The van der Waals surface area contributed by atoms with Gasteiger partial charge in [0.2, 0.25) is 0 Å². The molecule has 0 bridgehead atoms. The summed E-state index contributed by atoms with van der Waals surface area (Å²) in [5.74, 6) is -0.774. The lowest BCUT2D eigenvalue weighted by molar-refractivity contribution is -0.135. The second-order valence-corrected chi connectivity index (χ2v) is 3.27. The van der Waals surface area contributed by atoms with Crippen LogP contribution in [0.5, 0.6) is 0 Å². The average molecular weight is 249 g/mol. The van der Waals surface area contributed by atoms with Crippen LogP contribution in [0.2, 0.25) is 0 Å². The summed E-state index contributed by atoms with van der Waals surface area (Å²) in [5.41, 5.74) is 0.0218. The van der Waals surface area contributed by atoms with Crippen molar-refractivity contribution in [3.05, 3.63) is 28.7 Å². The monoisotopic (exact) mass is 249 g/mol. The molecule has 0 atom stereocenters. The van der Waals surface area contributed by atoms with Gasteiger partial charge in [0.25, 0.3) is 0 Å². The molecule has 0 saturated carbocycles. The van der Waals surface area contributed by atoms with Gasteiger partial charge in [-0.05, 0) is 13.0 Å². The van der Waals surface area contributed by atoms with Gasteiger partial charge in [0.1, 0.15) is 28.7 Å². The summed E-state index contributed by atoms with van der Waals surface area (Å²) >= 11 is 0. The Hall–Kier alpha value is -2.55. The number of nitriles is 1. The Morgan fingerprint density at radius 3 is 2.56 bits per heavy atom. The van der Waals surface area contributed by atoms with Crippen LogP contribution in [0.25, 0.3) is 6.08 Å². The molecule has 0 aliphatic rings. The van der Waals surface area contributed by atoms with Crippen LogP contribution in [-0.4, -0.2) is 26.2 Å². The third-order valence-corrected chi connectivity index (χ3v) is 2.15. The highest BCUT2D eigenvalue weighted by molar-refractivity contribution is 5.98. The molecule has 0 saturated heterocycles. The van der Waals surface area contributed by atoms with Gasteiger partial charge >= 0.3 is 11.9 Å². The number of methoxy groups -OCH3 is 2. The van der Waals surface area contributed by atoms with Crippen molar-refractivity contribution in [3.63, 3.8) is 0 Å². The van der Waals surface area contributed by atoms with Crippen LogP contribution < -0.4 is 0 Å². The van der Waals surface area contributed by atoms with Crippen LogP contribution in [0.4, 0.5) is 0 Å². The summed E-state index contributed by atoms with van der Waals surface area (Å²) in [5, 5.41) is 8.77. The Labute approximate surface area is 103 Å². The molecular weight excluding hydrogens is 238 g/mol. The summed E-state index contributed by atoms with van der Waals surface area (Å²) in [4.78, 5) is 22.5. The number of hydrogen-bond donors (Lipinski definition) is 0. The van der Waals surface area contributed by atoms with E-state index < -0.39 is 11.9 Å². The first-order chi connectivity index (χ1) is 8.53. The smallest absolute Gasteiger partial charge is 0.348 e. The highest BCUT2D eigenvalue weighted by atomic mass is 16.5. The van der Waals surface area contributed by atoms with E-state index in [0.29, 0.717) is 5.76 Å². The molecule has 0 unspecified atom stereocenters. The van der Waals surface area contributed by atoms with Crippen molar-refractivity contribution in [2.24, 2.45) is 0 Å². The molecule has 18 heavy (non-hydrogen) atoms. The maximum Gasteiger partial charge on any atom is 0.348 e. The normalized spacial score (nSPS) is 10.7. The minimum atomic E-state index is -0.772. The molecule has 6 heteroatoms. The third kappa shape index (κ3) is 2.77. The van der Waals surface area contributed by atoms with Gasteiger partial charge in [-0.2, -0.15) is 5.26 Å². The summed E-state index contributed by atoms with van der Waals surface area (Å²) < 4.78 is 14.2. The molecule has 0 aliphatic carbocycles. The predicted molar refractivity (Wildman–Crippen MR) is 60.4 cm³/mol. The number of rotatable bonds is 3. The number of carbonyl (C=O) groups excluding carboxylic acids is 2. The van der Waals surface area contributed by atoms with Gasteiger partial charge in [-0.15, -0.1) is 0 Å². The average Bonchev–Trinajstić information content (AvgIpc) is 2.75. The van der Waals surface area contributed by atoms with Crippen LogP contribution in [0.15, 0.2) is 16.1 Å². The van der Waals surface area contributed by atoms with E-state index in [2.05, 4.69) is 9.47 Å². The van der Waals surface area contributed by atoms with Crippen LogP contribution in [0.1, 0.15) is 21.9 Å². The molecule has 0 amide bonds. The summed E-state index contributed by atoms with van der Waals surface area (Å²) in [6, 6.07) is 3.07. The number of nitrogens with zero attached hydrogens (tertiary/aromatic N) is 1. The van der Waals surface area contributed by atoms with Crippen molar-refractivity contribution in [2.75, 3.05) is 14.2 Å². The molecule has 1 rings (SSSR count). The lowest BCUT2D eigenvalue weighted by Gasteiger charge is -1.93. The Morgan fingerprint density at radius 1 is 1.39 bits per heavy atom. The zero-order valence-corrected chi connectivity index (χ0v) is 10.1. The maximum atomic E-state index is 11.3.